The molecule has 0 radical (unpaired) electrons. The minimum absolute atomic E-state index is 0.00355. The number of hydrogen-bond acceptors (Lipinski definition) is 8. The number of benzene rings is 1. The fourth-order valence-corrected chi connectivity index (χ4v) is 6.37. The Kier molecular flexibility index (Phi) is 13.7. The Balaban J connectivity index is 1.81. The van der Waals surface area contributed by atoms with Crippen LogP contribution >= 0.6 is 0 Å². The van der Waals surface area contributed by atoms with Crippen LogP contribution in [0.5, 0.6) is 0 Å². The molecular weight excluding hydrogens is 685 g/mol. The van der Waals surface area contributed by atoms with Crippen molar-refractivity contribution in [1.29, 1.82) is 0 Å². The van der Waals surface area contributed by atoms with Crippen LogP contribution in [0, 0.1) is 5.92 Å². The zero-order chi connectivity index (χ0) is 37.4. The normalized spacial score (nSPS) is 23.1. The van der Waals surface area contributed by atoms with Gasteiger partial charge in [-0.25, -0.2) is 9.52 Å². The first-order valence-electron chi connectivity index (χ1n) is 16.6. The fraction of sp³-hybridized carbons (Fsp3) is 0.656. The lowest BCUT2D eigenvalue weighted by molar-refractivity contribution is -0.144. The van der Waals surface area contributed by atoms with E-state index in [9.17, 15) is 45.6 Å². The highest BCUT2D eigenvalue weighted by atomic mass is 32.2. The number of rotatable bonds is 11. The van der Waals surface area contributed by atoms with Crippen LogP contribution in [0.2, 0.25) is 0 Å². The van der Waals surface area contributed by atoms with Gasteiger partial charge in [-0.3, -0.25) is 19.2 Å². The molecule has 1 unspecified atom stereocenters. The summed E-state index contributed by atoms with van der Waals surface area (Å²) in [4.78, 5) is 68.0. The topological polar surface area (TPSA) is 192 Å². The second-order valence-electron chi connectivity index (χ2n) is 13.6. The summed E-state index contributed by atoms with van der Waals surface area (Å²) >= 11 is 0. The van der Waals surface area contributed by atoms with Crippen molar-refractivity contribution < 1.29 is 50.3 Å². The van der Waals surface area contributed by atoms with E-state index in [1.165, 1.54) is 17.0 Å². The van der Waals surface area contributed by atoms with Crippen molar-refractivity contribution in [2.75, 3.05) is 13.1 Å². The number of amides is 5. The van der Waals surface area contributed by atoms with Gasteiger partial charge >= 0.3 is 22.5 Å². The maximum atomic E-state index is 13.8. The van der Waals surface area contributed by atoms with E-state index in [-0.39, 0.29) is 44.7 Å². The van der Waals surface area contributed by atoms with E-state index in [2.05, 4.69) is 20.7 Å². The number of carbonyl (C=O) groups excluding carboxylic acids is 5. The molecule has 0 spiro atoms. The number of nitrogens with zero attached hydrogens (tertiary/aromatic N) is 1. The zero-order valence-corrected chi connectivity index (χ0v) is 29.6. The quantitative estimate of drug-likeness (QED) is 0.214. The Labute approximate surface area is 290 Å². The molecule has 2 saturated heterocycles. The summed E-state index contributed by atoms with van der Waals surface area (Å²) in [5, 5.41) is 8.06. The summed E-state index contributed by atoms with van der Waals surface area (Å²) in [6, 6.07) is -0.300. The smallest absolute Gasteiger partial charge is 0.422 e. The van der Waals surface area contributed by atoms with Crippen molar-refractivity contribution >= 4 is 39.9 Å². The first-order valence-corrected chi connectivity index (χ1v) is 18.1. The molecule has 5 N–H and O–H groups in total. The Hall–Kier alpha value is -3.93. The van der Waals surface area contributed by atoms with Gasteiger partial charge in [0, 0.05) is 19.5 Å². The summed E-state index contributed by atoms with van der Waals surface area (Å²) in [6.45, 7) is 8.44. The largest absolute Gasteiger partial charge is 0.443 e. The molecule has 0 aromatic heterocycles. The third kappa shape index (κ3) is 11.8. The maximum absolute atomic E-state index is 13.8. The Morgan fingerprint density at radius 3 is 2.20 bits per heavy atom. The van der Waals surface area contributed by atoms with Crippen molar-refractivity contribution in [2.24, 2.45) is 5.92 Å². The summed E-state index contributed by atoms with van der Waals surface area (Å²) in [6.07, 6.45) is -4.20. The van der Waals surface area contributed by atoms with Crippen molar-refractivity contribution in [1.82, 2.24) is 30.3 Å². The van der Waals surface area contributed by atoms with Gasteiger partial charge in [-0.2, -0.15) is 26.3 Å². The molecule has 3 rings (SSSR count). The molecular formula is C32H47F3N6O8S. The van der Waals surface area contributed by atoms with Gasteiger partial charge in [0.2, 0.25) is 23.6 Å². The first kappa shape index (κ1) is 40.5. The average molecular weight is 733 g/mol. The van der Waals surface area contributed by atoms with E-state index >= 15 is 0 Å². The lowest BCUT2D eigenvalue weighted by atomic mass is 9.95. The number of nitrogens with one attached hydrogen (secondary N) is 5. The van der Waals surface area contributed by atoms with E-state index < -0.39 is 81.4 Å². The third-order valence-corrected chi connectivity index (χ3v) is 9.45. The van der Waals surface area contributed by atoms with Gasteiger partial charge < -0.3 is 25.6 Å². The number of unbranched alkanes of at least 4 members (excludes halogenated alkanes) is 1. The summed E-state index contributed by atoms with van der Waals surface area (Å²) in [5.41, 5.74) is -1.50. The molecule has 2 aliphatic heterocycles. The molecule has 2 heterocycles. The van der Waals surface area contributed by atoms with Gasteiger partial charge in [0.05, 0.1) is 5.56 Å². The first-order chi connectivity index (χ1) is 23.2. The van der Waals surface area contributed by atoms with Crippen LogP contribution < -0.4 is 25.4 Å². The molecule has 18 heteroatoms. The predicted molar refractivity (Wildman–Crippen MR) is 175 cm³/mol. The Bertz CT molecular complexity index is 1500. The highest BCUT2D eigenvalue weighted by molar-refractivity contribution is 7.88. The predicted octanol–water partition coefficient (Wildman–Crippen LogP) is 2.28. The van der Waals surface area contributed by atoms with Crippen LogP contribution in [-0.4, -0.2) is 85.9 Å². The molecule has 50 heavy (non-hydrogen) atoms. The number of ether oxygens (including phenoxy) is 1. The summed E-state index contributed by atoms with van der Waals surface area (Å²) in [7, 11) is -4.25. The van der Waals surface area contributed by atoms with Crippen molar-refractivity contribution in [3.8, 4) is 0 Å². The second-order valence-corrected chi connectivity index (χ2v) is 15.1. The van der Waals surface area contributed by atoms with Gasteiger partial charge in [-0.05, 0) is 76.5 Å². The molecule has 5 amide bonds. The monoisotopic (exact) mass is 732 g/mol. The van der Waals surface area contributed by atoms with Gasteiger partial charge in [-0.15, -0.1) is 0 Å². The van der Waals surface area contributed by atoms with Crippen LogP contribution in [0.1, 0.15) is 84.3 Å². The third-order valence-electron chi connectivity index (χ3n) is 8.43. The van der Waals surface area contributed by atoms with Gasteiger partial charge in [0.15, 0.2) is 0 Å². The number of halogens is 3. The van der Waals surface area contributed by atoms with Gasteiger partial charge in [0.25, 0.3) is 0 Å². The average Bonchev–Trinajstić information content (AvgIpc) is 3.50. The van der Waals surface area contributed by atoms with E-state index in [0.717, 1.165) is 12.1 Å². The highest BCUT2D eigenvalue weighted by Crippen LogP contribution is 2.29. The Morgan fingerprint density at radius 2 is 1.60 bits per heavy atom. The standard InChI is InChI=1S/C32H47F3N6O8S/c1-6-19(2)25-29(45)41-17-9-11-24(41)28(44)37-22(10-7-8-16-36-50(47,48)40-30(46)49-31(3,4)5)26(42)38-23(27(43)39-25)18-20-12-14-21(15-13-20)32(33,34)35/h12-15,19,22-25,36H,6-11,16-18H2,1-5H3,(H,37,44)(H,38,42)(H,39,43)(H,40,46)/t19?,22-,23+,24+,25-/m0/s1. The van der Waals surface area contributed by atoms with Crippen molar-refractivity contribution in [3.05, 3.63) is 35.4 Å². The van der Waals surface area contributed by atoms with Crippen LogP contribution in [-0.2, 0) is 46.7 Å². The van der Waals surface area contributed by atoms with E-state index in [4.69, 9.17) is 4.74 Å². The molecule has 14 nitrogen and oxygen atoms in total. The van der Waals surface area contributed by atoms with Crippen LogP contribution in [0.4, 0.5) is 18.0 Å². The van der Waals surface area contributed by atoms with E-state index in [1.807, 2.05) is 6.92 Å². The van der Waals surface area contributed by atoms with Gasteiger partial charge in [0.1, 0.15) is 29.8 Å². The minimum Gasteiger partial charge on any atom is -0.443 e. The van der Waals surface area contributed by atoms with Gasteiger partial charge in [-0.1, -0.05) is 32.4 Å². The van der Waals surface area contributed by atoms with Crippen molar-refractivity contribution in [2.45, 2.75) is 116 Å². The molecule has 5 atom stereocenters. The second kappa shape index (κ2) is 16.9. The minimum atomic E-state index is -4.58. The summed E-state index contributed by atoms with van der Waals surface area (Å²) in [5.74, 6) is -2.81. The lowest BCUT2D eigenvalue weighted by Crippen LogP contribution is -2.62. The molecule has 2 fully saturated rings. The fourth-order valence-electron chi connectivity index (χ4n) is 5.63. The molecule has 0 bridgehead atoms. The summed E-state index contributed by atoms with van der Waals surface area (Å²) < 4.78 is 72.8. The Morgan fingerprint density at radius 1 is 0.980 bits per heavy atom. The number of fused-ring (bicyclic) bond motifs is 1. The molecule has 1 aromatic carbocycles. The van der Waals surface area contributed by atoms with Crippen LogP contribution in [0.15, 0.2) is 24.3 Å². The molecule has 2 aliphatic rings. The number of alkyl halides is 3. The lowest BCUT2D eigenvalue weighted by Gasteiger charge is -2.34. The van der Waals surface area contributed by atoms with Crippen LogP contribution in [0.3, 0.4) is 0 Å². The number of carbonyl (C=O) groups is 5. The SMILES string of the molecule is CCC(C)[C@@H]1NC(=O)[C@@H](Cc2ccc(C(F)(F)F)cc2)NC(=O)[C@H](CCCCNS(=O)(=O)NC(=O)OC(C)(C)C)NC(=O)[C@H]2CCCN2C1=O. The molecule has 1 aromatic rings. The molecule has 0 aliphatic carbocycles. The van der Waals surface area contributed by atoms with Crippen LogP contribution in [0.25, 0.3) is 0 Å². The van der Waals surface area contributed by atoms with E-state index in [1.54, 1.807) is 32.4 Å². The maximum Gasteiger partial charge on any atom is 0.422 e. The number of hydrogen-bond donors (Lipinski definition) is 5. The molecule has 280 valence electrons. The molecule has 0 saturated carbocycles. The van der Waals surface area contributed by atoms with Crippen molar-refractivity contribution in [3.63, 3.8) is 0 Å². The zero-order valence-electron chi connectivity index (χ0n) is 28.8. The highest BCUT2D eigenvalue weighted by Gasteiger charge is 2.42. The van der Waals surface area contributed by atoms with E-state index in [0.29, 0.717) is 24.8 Å².